The molecule has 0 aliphatic carbocycles. The molecule has 2 aromatic rings. The van der Waals surface area contributed by atoms with Crippen LogP contribution in [0.4, 0.5) is 5.69 Å². The predicted octanol–water partition coefficient (Wildman–Crippen LogP) is 3.35. The van der Waals surface area contributed by atoms with E-state index in [1.54, 1.807) is 30.3 Å². The van der Waals surface area contributed by atoms with E-state index in [1.165, 1.54) is 7.11 Å². The van der Waals surface area contributed by atoms with Gasteiger partial charge >= 0.3 is 0 Å². The van der Waals surface area contributed by atoms with Crippen LogP contribution in [0.3, 0.4) is 0 Å². The number of ether oxygens (including phenoxy) is 2. The molecule has 6 heteroatoms. The molecule has 0 spiro atoms. The number of amides is 1. The second kappa shape index (κ2) is 7.48. The summed E-state index contributed by atoms with van der Waals surface area (Å²) in [5.41, 5.74) is 1.15. The first kappa shape index (κ1) is 15.9. The molecule has 0 unspecified atom stereocenters. The maximum atomic E-state index is 11.9. The molecule has 2 rings (SSSR count). The zero-order valence-electron chi connectivity index (χ0n) is 11.8. The minimum atomic E-state index is -0.284. The van der Waals surface area contributed by atoms with Crippen molar-refractivity contribution >= 4 is 27.5 Å². The van der Waals surface area contributed by atoms with Crippen LogP contribution in [-0.4, -0.2) is 19.6 Å². The van der Waals surface area contributed by atoms with Gasteiger partial charge in [-0.05, 0) is 36.4 Å². The fourth-order valence-electron chi connectivity index (χ4n) is 1.73. The van der Waals surface area contributed by atoms with Gasteiger partial charge in [0.15, 0.2) is 18.1 Å². The van der Waals surface area contributed by atoms with Crippen molar-refractivity contribution in [3.8, 4) is 17.6 Å². The first-order valence-corrected chi connectivity index (χ1v) is 7.18. The van der Waals surface area contributed by atoms with Crippen molar-refractivity contribution in [3.05, 3.63) is 52.5 Å². The van der Waals surface area contributed by atoms with Crippen molar-refractivity contribution in [2.75, 3.05) is 19.0 Å². The number of carbonyl (C=O) groups excluding carboxylic acids is 1. The van der Waals surface area contributed by atoms with Crippen LogP contribution in [0.15, 0.2) is 46.9 Å². The Morgan fingerprint density at radius 2 is 1.95 bits per heavy atom. The smallest absolute Gasteiger partial charge is 0.262 e. The second-order valence-electron chi connectivity index (χ2n) is 4.32. The molecule has 5 nitrogen and oxygen atoms in total. The molecule has 0 aliphatic heterocycles. The molecule has 0 heterocycles. The number of nitriles is 1. The van der Waals surface area contributed by atoms with Crippen molar-refractivity contribution in [3.63, 3.8) is 0 Å². The van der Waals surface area contributed by atoms with Crippen molar-refractivity contribution in [1.82, 2.24) is 0 Å². The van der Waals surface area contributed by atoms with Crippen molar-refractivity contribution in [1.29, 1.82) is 5.26 Å². The van der Waals surface area contributed by atoms with Crippen molar-refractivity contribution in [2.45, 2.75) is 0 Å². The predicted molar refractivity (Wildman–Crippen MR) is 86.0 cm³/mol. The lowest BCUT2D eigenvalue weighted by Gasteiger charge is -2.11. The van der Waals surface area contributed by atoms with E-state index in [2.05, 4.69) is 21.2 Å². The van der Waals surface area contributed by atoms with E-state index in [4.69, 9.17) is 14.7 Å². The molecule has 112 valence electrons. The number of hydrogen-bond donors (Lipinski definition) is 1. The monoisotopic (exact) mass is 360 g/mol. The third-order valence-corrected chi connectivity index (χ3v) is 3.31. The summed E-state index contributed by atoms with van der Waals surface area (Å²) in [5.74, 6) is 0.539. The number of halogens is 1. The molecule has 0 fully saturated rings. The lowest BCUT2D eigenvalue weighted by atomic mass is 10.2. The van der Waals surface area contributed by atoms with Crippen LogP contribution in [0.25, 0.3) is 0 Å². The van der Waals surface area contributed by atoms with Gasteiger partial charge in [0.25, 0.3) is 5.91 Å². The largest absolute Gasteiger partial charge is 0.493 e. The van der Waals surface area contributed by atoms with Gasteiger partial charge in [0, 0.05) is 16.2 Å². The van der Waals surface area contributed by atoms with Crippen LogP contribution in [0.5, 0.6) is 11.5 Å². The van der Waals surface area contributed by atoms with Crippen LogP contribution < -0.4 is 14.8 Å². The summed E-state index contributed by atoms with van der Waals surface area (Å²) in [7, 11) is 1.48. The van der Waals surface area contributed by atoms with Gasteiger partial charge in [0.05, 0.1) is 18.7 Å². The number of nitrogens with zero attached hydrogens (tertiary/aromatic N) is 1. The van der Waals surface area contributed by atoms with Gasteiger partial charge in [-0.1, -0.05) is 15.9 Å². The van der Waals surface area contributed by atoms with Gasteiger partial charge in [-0.3, -0.25) is 4.79 Å². The number of carbonyl (C=O) groups is 1. The summed E-state index contributed by atoms with van der Waals surface area (Å²) in [4.78, 5) is 11.9. The zero-order chi connectivity index (χ0) is 15.9. The Balaban J connectivity index is 1.96. The molecule has 0 saturated heterocycles. The summed E-state index contributed by atoms with van der Waals surface area (Å²) >= 11 is 3.33. The fourth-order valence-corrected chi connectivity index (χ4v) is 1.99. The first-order chi connectivity index (χ1) is 10.6. The van der Waals surface area contributed by atoms with Crippen LogP contribution in [0, 0.1) is 11.3 Å². The Hall–Kier alpha value is -2.52. The highest BCUT2D eigenvalue weighted by molar-refractivity contribution is 9.10. The Kier molecular flexibility index (Phi) is 5.39. The maximum absolute atomic E-state index is 11.9. The summed E-state index contributed by atoms with van der Waals surface area (Å²) in [6.07, 6.45) is 0. The number of hydrogen-bond acceptors (Lipinski definition) is 4. The molecule has 1 amide bonds. The average molecular weight is 361 g/mol. The van der Waals surface area contributed by atoms with Gasteiger partial charge in [0.2, 0.25) is 0 Å². The number of rotatable bonds is 5. The molecule has 0 bridgehead atoms. The van der Waals surface area contributed by atoms with Gasteiger partial charge in [-0.2, -0.15) is 5.26 Å². The molecule has 22 heavy (non-hydrogen) atoms. The molecule has 0 aliphatic rings. The van der Waals surface area contributed by atoms with Gasteiger partial charge < -0.3 is 14.8 Å². The molecular formula is C16H13BrN2O3. The third-order valence-electron chi connectivity index (χ3n) is 2.78. The van der Waals surface area contributed by atoms with Gasteiger partial charge in [0.1, 0.15) is 0 Å². The van der Waals surface area contributed by atoms with E-state index in [0.717, 1.165) is 4.47 Å². The highest BCUT2D eigenvalue weighted by Gasteiger charge is 2.09. The standard InChI is InChI=1S/C16H13BrN2O3/c1-21-15-8-11(9-18)2-7-14(15)22-10-16(20)19-13-5-3-12(17)4-6-13/h2-8H,10H2,1H3,(H,19,20). The average Bonchev–Trinajstić information content (AvgIpc) is 2.55. The maximum Gasteiger partial charge on any atom is 0.262 e. The molecular weight excluding hydrogens is 348 g/mol. The summed E-state index contributed by atoms with van der Waals surface area (Å²) in [5, 5.41) is 11.6. The Bertz CT molecular complexity index is 708. The normalized spacial score (nSPS) is 9.68. The minimum absolute atomic E-state index is 0.154. The van der Waals surface area contributed by atoms with Crippen molar-refractivity contribution < 1.29 is 14.3 Å². The minimum Gasteiger partial charge on any atom is -0.493 e. The van der Waals surface area contributed by atoms with Crippen LogP contribution in [-0.2, 0) is 4.79 Å². The van der Waals surface area contributed by atoms with E-state index < -0.39 is 0 Å². The highest BCUT2D eigenvalue weighted by atomic mass is 79.9. The van der Waals surface area contributed by atoms with E-state index in [9.17, 15) is 4.79 Å². The number of nitrogens with one attached hydrogen (secondary N) is 1. The quantitative estimate of drug-likeness (QED) is 0.887. The Morgan fingerprint density at radius 1 is 1.23 bits per heavy atom. The first-order valence-electron chi connectivity index (χ1n) is 6.38. The highest BCUT2D eigenvalue weighted by Crippen LogP contribution is 2.27. The zero-order valence-corrected chi connectivity index (χ0v) is 13.4. The number of benzene rings is 2. The molecule has 0 atom stereocenters. The summed E-state index contributed by atoms with van der Waals surface area (Å²) in [6, 6.07) is 14.0. The summed E-state index contributed by atoms with van der Waals surface area (Å²) in [6.45, 7) is -0.154. The summed E-state index contributed by atoms with van der Waals surface area (Å²) < 4.78 is 11.5. The van der Waals surface area contributed by atoms with Gasteiger partial charge in [-0.25, -0.2) is 0 Å². The molecule has 1 N–H and O–H groups in total. The molecule has 2 aromatic carbocycles. The Labute approximate surface area is 136 Å². The van der Waals surface area contributed by atoms with E-state index in [1.807, 2.05) is 18.2 Å². The second-order valence-corrected chi connectivity index (χ2v) is 5.24. The third kappa shape index (κ3) is 4.24. The topological polar surface area (TPSA) is 71.3 Å². The Morgan fingerprint density at radius 3 is 2.59 bits per heavy atom. The SMILES string of the molecule is COc1cc(C#N)ccc1OCC(=O)Nc1ccc(Br)cc1. The lowest BCUT2D eigenvalue weighted by molar-refractivity contribution is -0.118. The van der Waals surface area contributed by atoms with Crippen molar-refractivity contribution in [2.24, 2.45) is 0 Å². The molecule has 0 aromatic heterocycles. The molecule has 0 saturated carbocycles. The van der Waals surface area contributed by atoms with E-state index >= 15 is 0 Å². The lowest BCUT2D eigenvalue weighted by Crippen LogP contribution is -2.20. The number of anilines is 1. The van der Waals surface area contributed by atoms with Crippen LogP contribution >= 0.6 is 15.9 Å². The van der Waals surface area contributed by atoms with Crippen LogP contribution in [0.1, 0.15) is 5.56 Å². The van der Waals surface area contributed by atoms with Crippen LogP contribution in [0.2, 0.25) is 0 Å². The number of methoxy groups -OCH3 is 1. The van der Waals surface area contributed by atoms with E-state index in [0.29, 0.717) is 22.7 Å². The van der Waals surface area contributed by atoms with E-state index in [-0.39, 0.29) is 12.5 Å². The van der Waals surface area contributed by atoms with Gasteiger partial charge in [-0.15, -0.1) is 0 Å². The fraction of sp³-hybridized carbons (Fsp3) is 0.125. The molecule has 0 radical (unpaired) electrons.